The highest BCUT2D eigenvalue weighted by Crippen LogP contribution is 2.36. The Morgan fingerprint density at radius 2 is 2.10 bits per heavy atom. The Hall–Kier alpha value is -1.84. The molecule has 20 heavy (non-hydrogen) atoms. The number of carbonyl (C=O) groups is 2. The van der Waals surface area contributed by atoms with E-state index in [1.54, 1.807) is 23.1 Å². The van der Waals surface area contributed by atoms with E-state index in [2.05, 4.69) is 0 Å². The quantitative estimate of drug-likeness (QED) is 0.793. The predicted molar refractivity (Wildman–Crippen MR) is 78.3 cm³/mol. The third kappa shape index (κ3) is 2.55. The Morgan fingerprint density at radius 3 is 2.65 bits per heavy atom. The van der Waals surface area contributed by atoms with Gasteiger partial charge in [-0.05, 0) is 37.5 Å². The molecule has 0 saturated heterocycles. The van der Waals surface area contributed by atoms with E-state index in [4.69, 9.17) is 4.74 Å². The molecule has 0 radical (unpaired) electrons. The minimum Gasteiger partial charge on any atom is -0.478 e. The van der Waals surface area contributed by atoms with Gasteiger partial charge >= 0.3 is 0 Å². The second-order valence-corrected chi connectivity index (χ2v) is 5.51. The summed E-state index contributed by atoms with van der Waals surface area (Å²) in [7, 11) is 0. The smallest absolute Gasteiger partial charge is 0.268 e. The third-order valence-corrected chi connectivity index (χ3v) is 3.47. The summed E-state index contributed by atoms with van der Waals surface area (Å²) in [6, 6.07) is 5.29. The van der Waals surface area contributed by atoms with Gasteiger partial charge in [-0.25, -0.2) is 0 Å². The first-order valence-corrected chi connectivity index (χ1v) is 7.08. The largest absolute Gasteiger partial charge is 0.478 e. The van der Waals surface area contributed by atoms with Crippen molar-refractivity contribution >= 4 is 17.4 Å². The number of Topliss-reactive ketones (excluding diaryl/α,β-unsaturated/α-hetero) is 1. The molecule has 0 saturated carbocycles. The molecule has 0 spiro atoms. The number of carbonyl (C=O) groups excluding carboxylic acids is 2. The molecule has 0 N–H and O–H groups in total. The molecule has 1 atom stereocenters. The molecule has 1 aliphatic heterocycles. The van der Waals surface area contributed by atoms with Crippen LogP contribution in [-0.2, 0) is 4.79 Å². The summed E-state index contributed by atoms with van der Waals surface area (Å²) in [6.07, 6.45) is 0.414. The Kier molecular flexibility index (Phi) is 4.12. The van der Waals surface area contributed by atoms with Crippen molar-refractivity contribution in [3.63, 3.8) is 0 Å². The van der Waals surface area contributed by atoms with E-state index in [9.17, 15) is 9.59 Å². The monoisotopic (exact) mass is 275 g/mol. The van der Waals surface area contributed by atoms with Crippen molar-refractivity contribution in [2.75, 3.05) is 11.4 Å². The lowest BCUT2D eigenvalue weighted by atomic mass is 10.0. The second kappa shape index (κ2) is 5.65. The molecular weight excluding hydrogens is 254 g/mol. The van der Waals surface area contributed by atoms with Gasteiger partial charge in [-0.2, -0.15) is 0 Å². The zero-order valence-corrected chi connectivity index (χ0v) is 12.5. The molecule has 1 aromatic carbocycles. The lowest BCUT2D eigenvalue weighted by molar-refractivity contribution is -0.128. The number of benzene rings is 1. The van der Waals surface area contributed by atoms with Gasteiger partial charge in [-0.3, -0.25) is 9.59 Å². The average molecular weight is 275 g/mol. The van der Waals surface area contributed by atoms with E-state index in [0.717, 1.165) is 6.42 Å². The molecule has 0 aliphatic carbocycles. The first-order valence-electron chi connectivity index (χ1n) is 7.08. The van der Waals surface area contributed by atoms with Gasteiger partial charge in [0.25, 0.3) is 5.91 Å². The predicted octanol–water partition coefficient (Wildman–Crippen LogP) is 3.05. The van der Waals surface area contributed by atoms with E-state index >= 15 is 0 Å². The molecule has 108 valence electrons. The summed E-state index contributed by atoms with van der Waals surface area (Å²) < 4.78 is 5.81. The number of ketones is 1. The lowest BCUT2D eigenvalue weighted by Crippen LogP contribution is -2.48. The number of hydrogen-bond donors (Lipinski definition) is 0. The molecule has 1 amide bonds. The second-order valence-electron chi connectivity index (χ2n) is 5.51. The van der Waals surface area contributed by atoms with Gasteiger partial charge in [0.15, 0.2) is 11.9 Å². The SMILES string of the molecule is CCCN1C(=O)C(C(C)C)Oc2ccc(C(C)=O)cc21. The van der Waals surface area contributed by atoms with Crippen LogP contribution in [0.1, 0.15) is 44.5 Å². The zero-order chi connectivity index (χ0) is 14.9. The van der Waals surface area contributed by atoms with Gasteiger partial charge in [0.2, 0.25) is 0 Å². The Labute approximate surface area is 119 Å². The maximum atomic E-state index is 12.5. The summed E-state index contributed by atoms with van der Waals surface area (Å²) in [5.41, 5.74) is 1.31. The molecule has 2 rings (SSSR count). The van der Waals surface area contributed by atoms with E-state index in [1.165, 1.54) is 6.92 Å². The number of fused-ring (bicyclic) bond motifs is 1. The van der Waals surface area contributed by atoms with Crippen molar-refractivity contribution in [2.24, 2.45) is 5.92 Å². The Morgan fingerprint density at radius 1 is 1.40 bits per heavy atom. The highest BCUT2D eigenvalue weighted by molar-refractivity contribution is 6.02. The molecule has 0 aromatic heterocycles. The summed E-state index contributed by atoms with van der Waals surface area (Å²) >= 11 is 0. The minimum atomic E-state index is -0.447. The first kappa shape index (κ1) is 14.6. The van der Waals surface area contributed by atoms with Crippen molar-refractivity contribution in [1.29, 1.82) is 0 Å². The molecule has 1 aliphatic rings. The van der Waals surface area contributed by atoms with Crippen molar-refractivity contribution in [3.8, 4) is 5.75 Å². The van der Waals surface area contributed by atoms with Crippen LogP contribution in [-0.4, -0.2) is 24.3 Å². The Balaban J connectivity index is 2.48. The summed E-state index contributed by atoms with van der Waals surface area (Å²) in [5, 5.41) is 0. The molecule has 4 nitrogen and oxygen atoms in total. The van der Waals surface area contributed by atoms with E-state index in [0.29, 0.717) is 23.5 Å². The van der Waals surface area contributed by atoms with Crippen LogP contribution in [0.3, 0.4) is 0 Å². The number of nitrogens with zero attached hydrogens (tertiary/aromatic N) is 1. The van der Waals surface area contributed by atoms with Crippen molar-refractivity contribution in [3.05, 3.63) is 23.8 Å². The van der Waals surface area contributed by atoms with Crippen molar-refractivity contribution < 1.29 is 14.3 Å². The maximum Gasteiger partial charge on any atom is 0.268 e. The van der Waals surface area contributed by atoms with Crippen LogP contribution in [0.4, 0.5) is 5.69 Å². The first-order chi connectivity index (χ1) is 9.45. The highest BCUT2D eigenvalue weighted by atomic mass is 16.5. The van der Waals surface area contributed by atoms with Gasteiger partial charge in [0.05, 0.1) is 5.69 Å². The molecule has 4 heteroatoms. The van der Waals surface area contributed by atoms with Crippen molar-refractivity contribution in [1.82, 2.24) is 0 Å². The average Bonchev–Trinajstić information content (AvgIpc) is 2.40. The fraction of sp³-hybridized carbons (Fsp3) is 0.500. The summed E-state index contributed by atoms with van der Waals surface area (Å²) in [5.74, 6) is 0.766. The van der Waals surface area contributed by atoms with Crippen LogP contribution in [0.5, 0.6) is 5.75 Å². The topological polar surface area (TPSA) is 46.6 Å². The molecule has 1 unspecified atom stereocenters. The van der Waals surface area contributed by atoms with E-state index in [-0.39, 0.29) is 17.6 Å². The van der Waals surface area contributed by atoms with Crippen LogP contribution < -0.4 is 9.64 Å². The Bertz CT molecular complexity index is 537. The van der Waals surface area contributed by atoms with Gasteiger partial charge in [0.1, 0.15) is 5.75 Å². The molecule has 0 fully saturated rings. The number of ether oxygens (including phenoxy) is 1. The van der Waals surface area contributed by atoms with E-state index in [1.807, 2.05) is 20.8 Å². The minimum absolute atomic E-state index is 0.0114. The van der Waals surface area contributed by atoms with E-state index < -0.39 is 6.10 Å². The molecule has 0 bridgehead atoms. The summed E-state index contributed by atoms with van der Waals surface area (Å²) in [4.78, 5) is 25.8. The molecule has 1 aromatic rings. The fourth-order valence-electron chi connectivity index (χ4n) is 2.38. The van der Waals surface area contributed by atoms with Crippen LogP contribution in [0, 0.1) is 5.92 Å². The number of anilines is 1. The zero-order valence-electron chi connectivity index (χ0n) is 12.5. The van der Waals surface area contributed by atoms with Crippen LogP contribution in [0.25, 0.3) is 0 Å². The standard InChI is InChI=1S/C16H21NO3/c1-5-8-17-13-9-12(11(4)18)6-7-14(13)20-15(10(2)3)16(17)19/h6-7,9-10,15H,5,8H2,1-4H3. The van der Waals surface area contributed by atoms with Crippen molar-refractivity contribution in [2.45, 2.75) is 40.2 Å². The van der Waals surface area contributed by atoms with Crippen LogP contribution >= 0.6 is 0 Å². The third-order valence-electron chi connectivity index (χ3n) is 3.47. The van der Waals surface area contributed by atoms with Crippen LogP contribution in [0.15, 0.2) is 18.2 Å². The van der Waals surface area contributed by atoms with Gasteiger partial charge in [-0.1, -0.05) is 20.8 Å². The lowest BCUT2D eigenvalue weighted by Gasteiger charge is -2.36. The maximum absolute atomic E-state index is 12.5. The highest BCUT2D eigenvalue weighted by Gasteiger charge is 2.36. The normalized spacial score (nSPS) is 17.9. The number of rotatable bonds is 4. The van der Waals surface area contributed by atoms with Gasteiger partial charge < -0.3 is 9.64 Å². The number of hydrogen-bond acceptors (Lipinski definition) is 3. The van der Waals surface area contributed by atoms with Gasteiger partial charge in [-0.15, -0.1) is 0 Å². The fourth-order valence-corrected chi connectivity index (χ4v) is 2.38. The number of amides is 1. The van der Waals surface area contributed by atoms with Crippen LogP contribution in [0.2, 0.25) is 0 Å². The molecular formula is C16H21NO3. The molecule has 1 heterocycles. The summed E-state index contributed by atoms with van der Waals surface area (Å²) in [6.45, 7) is 8.14. The van der Waals surface area contributed by atoms with Gasteiger partial charge in [0, 0.05) is 12.1 Å².